The van der Waals surface area contributed by atoms with Crippen LogP contribution in [0.3, 0.4) is 0 Å². The van der Waals surface area contributed by atoms with Crippen molar-refractivity contribution in [2.24, 2.45) is 5.10 Å². The Hall–Kier alpha value is -2.47. The molecule has 2 aromatic rings. The molecule has 0 aromatic heterocycles. The molecule has 0 aliphatic rings. The number of phenolic OH excluding ortho intramolecular Hbond substituents is 1. The third-order valence-corrected chi connectivity index (χ3v) is 2.58. The Morgan fingerprint density at radius 1 is 1.20 bits per heavy atom. The number of phenols is 1. The predicted octanol–water partition coefficient (Wildman–Crippen LogP) is 2.85. The van der Waals surface area contributed by atoms with Gasteiger partial charge in [0.1, 0.15) is 11.6 Å². The molecule has 0 atom stereocenters. The third-order valence-electron chi connectivity index (χ3n) is 2.39. The summed E-state index contributed by atoms with van der Waals surface area (Å²) in [5.74, 6) is -0.224. The van der Waals surface area contributed by atoms with Crippen molar-refractivity contribution in [3.05, 3.63) is 59.9 Å². The molecule has 102 valence electrons. The monoisotopic (exact) mass is 289 g/mol. The van der Waals surface area contributed by atoms with E-state index in [4.69, 9.17) is 12.2 Å². The minimum absolute atomic E-state index is 0.127. The summed E-state index contributed by atoms with van der Waals surface area (Å²) in [6.07, 6.45) is 1.44. The summed E-state index contributed by atoms with van der Waals surface area (Å²) in [7, 11) is 0. The highest BCUT2D eigenvalue weighted by Crippen LogP contribution is 2.12. The van der Waals surface area contributed by atoms with E-state index in [-0.39, 0.29) is 16.7 Å². The van der Waals surface area contributed by atoms with Gasteiger partial charge >= 0.3 is 0 Å². The van der Waals surface area contributed by atoms with Crippen LogP contribution >= 0.6 is 12.2 Å². The van der Waals surface area contributed by atoms with Crippen LogP contribution in [0.5, 0.6) is 5.75 Å². The number of hydrogen-bond donors (Lipinski definition) is 3. The highest BCUT2D eigenvalue weighted by atomic mass is 32.1. The number of para-hydroxylation sites is 1. The van der Waals surface area contributed by atoms with E-state index >= 15 is 0 Å². The Balaban J connectivity index is 1.91. The van der Waals surface area contributed by atoms with E-state index in [2.05, 4.69) is 15.8 Å². The van der Waals surface area contributed by atoms with Crippen LogP contribution in [0.1, 0.15) is 5.56 Å². The first kappa shape index (κ1) is 14.0. The molecule has 4 nitrogen and oxygen atoms in total. The van der Waals surface area contributed by atoms with Gasteiger partial charge in [0.25, 0.3) is 0 Å². The van der Waals surface area contributed by atoms with Crippen LogP contribution in [-0.4, -0.2) is 16.4 Å². The maximum Gasteiger partial charge on any atom is 0.191 e. The first-order valence-corrected chi connectivity index (χ1v) is 6.19. The zero-order valence-electron chi connectivity index (χ0n) is 10.4. The molecule has 0 aliphatic carbocycles. The van der Waals surface area contributed by atoms with Gasteiger partial charge in [-0.05, 0) is 42.5 Å². The number of nitrogens with zero attached hydrogens (tertiary/aromatic N) is 1. The van der Waals surface area contributed by atoms with Crippen molar-refractivity contribution in [3.8, 4) is 5.75 Å². The van der Waals surface area contributed by atoms with E-state index in [1.165, 1.54) is 18.3 Å². The van der Waals surface area contributed by atoms with Crippen LogP contribution in [0.2, 0.25) is 0 Å². The van der Waals surface area contributed by atoms with Gasteiger partial charge in [-0.1, -0.05) is 18.2 Å². The molecule has 0 saturated heterocycles. The minimum Gasteiger partial charge on any atom is -0.507 e. The number of hydrogen-bond acceptors (Lipinski definition) is 3. The van der Waals surface area contributed by atoms with Crippen LogP contribution in [0.25, 0.3) is 0 Å². The van der Waals surface area contributed by atoms with E-state index in [1.807, 2.05) is 0 Å². The number of halogens is 1. The number of rotatable bonds is 3. The quantitative estimate of drug-likeness (QED) is 0.462. The minimum atomic E-state index is -0.351. The Morgan fingerprint density at radius 2 is 2.00 bits per heavy atom. The Labute approximate surface area is 121 Å². The van der Waals surface area contributed by atoms with Crippen molar-refractivity contribution in [2.45, 2.75) is 0 Å². The number of thiocarbonyl (C=S) groups is 1. The smallest absolute Gasteiger partial charge is 0.191 e. The van der Waals surface area contributed by atoms with Crippen LogP contribution in [0, 0.1) is 5.82 Å². The highest BCUT2D eigenvalue weighted by Gasteiger charge is 1.98. The van der Waals surface area contributed by atoms with Crippen molar-refractivity contribution in [3.63, 3.8) is 0 Å². The van der Waals surface area contributed by atoms with Gasteiger partial charge in [-0.25, -0.2) is 4.39 Å². The van der Waals surface area contributed by atoms with Crippen LogP contribution in [0.4, 0.5) is 10.1 Å². The molecular weight excluding hydrogens is 277 g/mol. The highest BCUT2D eigenvalue weighted by molar-refractivity contribution is 7.80. The summed E-state index contributed by atoms with van der Waals surface area (Å²) in [5, 5.41) is 16.4. The Bertz CT molecular complexity index is 646. The van der Waals surface area contributed by atoms with Crippen molar-refractivity contribution >= 4 is 29.2 Å². The summed E-state index contributed by atoms with van der Waals surface area (Å²) in [6, 6.07) is 12.7. The van der Waals surface area contributed by atoms with E-state index in [0.29, 0.717) is 11.3 Å². The van der Waals surface area contributed by atoms with Crippen molar-refractivity contribution < 1.29 is 9.50 Å². The molecule has 0 heterocycles. The normalized spacial score (nSPS) is 10.4. The molecule has 0 aliphatic heterocycles. The number of nitrogens with one attached hydrogen (secondary N) is 2. The zero-order valence-corrected chi connectivity index (χ0v) is 11.2. The van der Waals surface area contributed by atoms with Gasteiger partial charge in [0.2, 0.25) is 0 Å². The molecule has 6 heteroatoms. The molecule has 3 N–H and O–H groups in total. The first-order valence-electron chi connectivity index (χ1n) is 5.79. The predicted molar refractivity (Wildman–Crippen MR) is 81.5 cm³/mol. The van der Waals surface area contributed by atoms with Gasteiger partial charge in [0.05, 0.1) is 6.21 Å². The van der Waals surface area contributed by atoms with E-state index < -0.39 is 0 Å². The molecule has 0 fully saturated rings. The first-order chi connectivity index (χ1) is 9.65. The van der Waals surface area contributed by atoms with E-state index in [0.717, 1.165) is 0 Å². The van der Waals surface area contributed by atoms with Gasteiger partial charge in [-0.3, -0.25) is 5.43 Å². The lowest BCUT2D eigenvalue weighted by atomic mass is 10.2. The van der Waals surface area contributed by atoms with Gasteiger partial charge in [0.15, 0.2) is 5.11 Å². The standard InChI is InChI=1S/C14H12FN3OS/c15-11-5-3-6-12(8-11)17-14(20)18-16-9-10-4-1-2-7-13(10)19/h1-9,19H,(H2,17,18,20). The fraction of sp³-hybridized carbons (Fsp3) is 0. The second-order valence-corrected chi connectivity index (χ2v) is 4.30. The van der Waals surface area contributed by atoms with Crippen molar-refractivity contribution in [1.29, 1.82) is 0 Å². The zero-order chi connectivity index (χ0) is 14.4. The van der Waals surface area contributed by atoms with Crippen molar-refractivity contribution in [1.82, 2.24) is 5.43 Å². The van der Waals surface area contributed by atoms with Gasteiger partial charge in [0, 0.05) is 11.3 Å². The number of aromatic hydroxyl groups is 1. The van der Waals surface area contributed by atoms with Crippen LogP contribution in [0.15, 0.2) is 53.6 Å². The summed E-state index contributed by atoms with van der Waals surface area (Å²) >= 11 is 5.01. The molecule has 0 amide bonds. The van der Waals surface area contributed by atoms with Crippen molar-refractivity contribution in [2.75, 3.05) is 5.32 Å². The molecule has 2 aromatic carbocycles. The summed E-state index contributed by atoms with van der Waals surface area (Å²) in [5.41, 5.74) is 3.67. The fourth-order valence-corrected chi connectivity index (χ4v) is 1.65. The molecule has 0 saturated carbocycles. The topological polar surface area (TPSA) is 56.7 Å². The van der Waals surface area contributed by atoms with Gasteiger partial charge in [-0.15, -0.1) is 0 Å². The molecule has 2 rings (SSSR count). The third kappa shape index (κ3) is 4.03. The molecule has 0 bridgehead atoms. The second kappa shape index (κ2) is 6.63. The van der Waals surface area contributed by atoms with E-state index in [9.17, 15) is 9.50 Å². The molecule has 0 unspecified atom stereocenters. The molecule has 20 heavy (non-hydrogen) atoms. The lowest BCUT2D eigenvalue weighted by molar-refractivity contribution is 0.474. The lowest BCUT2D eigenvalue weighted by Crippen LogP contribution is -2.23. The largest absolute Gasteiger partial charge is 0.507 e. The van der Waals surface area contributed by atoms with Crippen LogP contribution in [-0.2, 0) is 0 Å². The second-order valence-electron chi connectivity index (χ2n) is 3.89. The maximum atomic E-state index is 13.0. The number of anilines is 1. The molecule has 0 radical (unpaired) electrons. The summed E-state index contributed by atoms with van der Waals surface area (Å²) in [6.45, 7) is 0. The van der Waals surface area contributed by atoms with Gasteiger partial charge in [-0.2, -0.15) is 5.10 Å². The average molecular weight is 289 g/mol. The maximum absolute atomic E-state index is 13.0. The summed E-state index contributed by atoms with van der Waals surface area (Å²) in [4.78, 5) is 0. The summed E-state index contributed by atoms with van der Waals surface area (Å²) < 4.78 is 13.0. The van der Waals surface area contributed by atoms with Crippen LogP contribution < -0.4 is 10.7 Å². The fourth-order valence-electron chi connectivity index (χ4n) is 1.48. The van der Waals surface area contributed by atoms with Gasteiger partial charge < -0.3 is 10.4 Å². The number of benzene rings is 2. The molecule has 0 spiro atoms. The number of hydrazone groups is 1. The Morgan fingerprint density at radius 3 is 2.75 bits per heavy atom. The average Bonchev–Trinajstić information content (AvgIpc) is 2.41. The SMILES string of the molecule is Oc1ccccc1C=NNC(=S)Nc1cccc(F)c1. The Kier molecular flexibility index (Phi) is 4.62. The molecular formula is C14H12FN3OS. The van der Waals surface area contributed by atoms with E-state index in [1.54, 1.807) is 36.4 Å². The lowest BCUT2D eigenvalue weighted by Gasteiger charge is -2.06.